The van der Waals surface area contributed by atoms with Gasteiger partial charge in [-0.1, -0.05) is 0 Å². The number of pyridine rings is 1. The minimum atomic E-state index is -2.65. The van der Waals surface area contributed by atoms with Crippen LogP contribution in [0.3, 0.4) is 0 Å². The van der Waals surface area contributed by atoms with Gasteiger partial charge in [0.15, 0.2) is 0 Å². The predicted octanol–water partition coefficient (Wildman–Crippen LogP) is 0.888. The Morgan fingerprint density at radius 3 is 2.65 bits per heavy atom. The number of β-amino-alcohol motifs (C(OH)–C–C–N with tert-alkyl or cyclic N) is 1. The number of nitrogens with one attached hydrogen (secondary N) is 2. The molecule has 1 aromatic heterocycles. The van der Waals surface area contributed by atoms with Crippen LogP contribution in [0.1, 0.15) is 27.2 Å². The number of alkyl halides is 2. The van der Waals surface area contributed by atoms with Crippen molar-refractivity contribution in [3.8, 4) is 0 Å². The second-order valence-corrected chi connectivity index (χ2v) is 8.81. The topological polar surface area (TPSA) is 113 Å². The van der Waals surface area contributed by atoms with Crippen molar-refractivity contribution < 1.29 is 27.9 Å². The van der Waals surface area contributed by atoms with Crippen molar-refractivity contribution in [3.63, 3.8) is 0 Å². The largest absolute Gasteiger partial charge is 0.372 e. The fraction of sp³-hybridized carbons (Fsp3) is 0.524. The van der Waals surface area contributed by atoms with Crippen LogP contribution < -0.4 is 10.7 Å². The zero-order valence-electron chi connectivity index (χ0n) is 18.9. The summed E-state index contributed by atoms with van der Waals surface area (Å²) in [6, 6.07) is 2.36. The minimum absolute atomic E-state index is 0.0404. The number of rotatable bonds is 7. The van der Waals surface area contributed by atoms with E-state index in [9.17, 15) is 27.9 Å². The number of anilines is 1. The highest BCUT2D eigenvalue weighted by atomic mass is 19.3. The molecule has 4 heterocycles. The number of hydrogen-bond donors (Lipinski definition) is 3. The summed E-state index contributed by atoms with van der Waals surface area (Å²) in [7, 11) is 0. The molecule has 3 N–H and O–H groups in total. The molecule has 34 heavy (non-hydrogen) atoms. The van der Waals surface area contributed by atoms with Crippen LogP contribution in [0.5, 0.6) is 0 Å². The van der Waals surface area contributed by atoms with Gasteiger partial charge in [0.25, 0.3) is 18.2 Å². The Morgan fingerprint density at radius 2 is 2.03 bits per heavy atom. The zero-order chi connectivity index (χ0) is 24.8. The molecule has 3 aliphatic rings. The molecule has 3 aliphatic heterocycles. The molecule has 0 bridgehead atoms. The molecule has 1 saturated heterocycles. The highest BCUT2D eigenvalue weighted by Crippen LogP contribution is 2.41. The van der Waals surface area contributed by atoms with Gasteiger partial charge in [-0.3, -0.25) is 20.0 Å². The van der Waals surface area contributed by atoms with Gasteiger partial charge in [0.05, 0.1) is 31.3 Å². The standard InChI is InChI=1S/C21H26F3N7O3/c1-11(2)29-9-13-18(20(29)34)30(10-17(32)27-15-5-4-12(22)7-25-15)21(3)6-16(26-8-14(23)24)28-31(21)19(13)33/h4-5,7,11,14,17,32H,6,8-10H2,1-3H3,(H,25,27)(H,26,28). The number of nitrogens with zero attached hydrogens (tertiary/aromatic N) is 5. The highest BCUT2D eigenvalue weighted by Gasteiger charge is 2.57. The average Bonchev–Trinajstić information content (AvgIpc) is 3.29. The smallest absolute Gasteiger partial charge is 0.274 e. The van der Waals surface area contributed by atoms with Gasteiger partial charge in [0.2, 0.25) is 0 Å². The number of aliphatic hydroxyl groups excluding tert-OH is 1. The predicted molar refractivity (Wildman–Crippen MR) is 116 cm³/mol. The van der Waals surface area contributed by atoms with Crippen LogP contribution in [0.2, 0.25) is 0 Å². The van der Waals surface area contributed by atoms with E-state index < -0.39 is 36.6 Å². The van der Waals surface area contributed by atoms with Crippen LogP contribution in [0, 0.1) is 5.82 Å². The summed E-state index contributed by atoms with van der Waals surface area (Å²) in [5.41, 5.74) is 2.01. The molecule has 0 aromatic carbocycles. The lowest BCUT2D eigenvalue weighted by atomic mass is 9.99. The van der Waals surface area contributed by atoms with Crippen molar-refractivity contribution >= 4 is 23.5 Å². The van der Waals surface area contributed by atoms with Crippen LogP contribution in [-0.4, -0.2) is 86.5 Å². The molecular weight excluding hydrogens is 455 g/mol. The van der Waals surface area contributed by atoms with E-state index in [4.69, 9.17) is 0 Å². The quantitative estimate of drug-likeness (QED) is 0.496. The fourth-order valence-electron chi connectivity index (χ4n) is 4.40. The highest BCUT2D eigenvalue weighted by molar-refractivity contribution is 6.11. The van der Waals surface area contributed by atoms with E-state index in [1.807, 2.05) is 13.8 Å². The van der Waals surface area contributed by atoms with Crippen molar-refractivity contribution in [1.82, 2.24) is 25.2 Å². The van der Waals surface area contributed by atoms with Gasteiger partial charge < -0.3 is 20.2 Å². The van der Waals surface area contributed by atoms with E-state index in [-0.39, 0.29) is 54.4 Å². The molecule has 2 amide bonds. The normalized spacial score (nSPS) is 24.4. The molecule has 13 heteroatoms. The van der Waals surface area contributed by atoms with E-state index in [1.54, 1.807) is 16.7 Å². The van der Waals surface area contributed by atoms with Gasteiger partial charge in [-0.2, -0.15) is 0 Å². The average molecular weight is 481 g/mol. The van der Waals surface area contributed by atoms with E-state index in [1.165, 1.54) is 17.1 Å². The summed E-state index contributed by atoms with van der Waals surface area (Å²) in [6.45, 7) is 4.53. The first kappa shape index (κ1) is 23.8. The number of carbonyl (C=O) groups excluding carboxylic acids is 2. The van der Waals surface area contributed by atoms with Gasteiger partial charge in [-0.25, -0.2) is 23.2 Å². The van der Waals surface area contributed by atoms with Crippen molar-refractivity contribution in [2.24, 2.45) is 4.99 Å². The van der Waals surface area contributed by atoms with Gasteiger partial charge in [0.1, 0.15) is 41.6 Å². The maximum Gasteiger partial charge on any atom is 0.274 e. The molecule has 2 unspecified atom stereocenters. The third-order valence-electron chi connectivity index (χ3n) is 6.06. The van der Waals surface area contributed by atoms with Crippen LogP contribution in [0.25, 0.3) is 0 Å². The first-order valence-electron chi connectivity index (χ1n) is 10.8. The minimum Gasteiger partial charge on any atom is -0.372 e. The van der Waals surface area contributed by atoms with Gasteiger partial charge in [-0.15, -0.1) is 0 Å². The Balaban J connectivity index is 1.67. The molecule has 184 valence electrons. The number of fused-ring (bicyclic) bond motifs is 1. The van der Waals surface area contributed by atoms with Crippen molar-refractivity contribution in [3.05, 3.63) is 35.4 Å². The second-order valence-electron chi connectivity index (χ2n) is 8.81. The molecular formula is C21H26F3N7O3. The van der Waals surface area contributed by atoms with E-state index >= 15 is 0 Å². The summed E-state index contributed by atoms with van der Waals surface area (Å²) in [5.74, 6) is -0.952. The first-order chi connectivity index (χ1) is 16.0. The molecule has 2 atom stereocenters. The summed E-state index contributed by atoms with van der Waals surface area (Å²) in [6.07, 6.45) is -2.88. The number of hydrogen-bond acceptors (Lipinski definition) is 7. The van der Waals surface area contributed by atoms with Gasteiger partial charge in [0, 0.05) is 6.04 Å². The molecule has 0 spiro atoms. The zero-order valence-corrected chi connectivity index (χ0v) is 18.9. The molecule has 0 radical (unpaired) electrons. The van der Waals surface area contributed by atoms with Gasteiger partial charge in [-0.05, 0) is 32.9 Å². The molecule has 1 fully saturated rings. The van der Waals surface area contributed by atoms with Crippen LogP contribution in [0.4, 0.5) is 19.0 Å². The summed E-state index contributed by atoms with van der Waals surface area (Å²) in [4.78, 5) is 37.5. The Labute approximate surface area is 194 Å². The number of aliphatic hydroxyl groups is 1. The number of amidine groups is 1. The van der Waals surface area contributed by atoms with Gasteiger partial charge >= 0.3 is 0 Å². The lowest BCUT2D eigenvalue weighted by Crippen LogP contribution is -2.64. The maximum atomic E-state index is 13.3. The third kappa shape index (κ3) is 4.15. The Morgan fingerprint density at radius 1 is 1.29 bits per heavy atom. The fourth-order valence-corrected chi connectivity index (χ4v) is 4.40. The number of amides is 2. The molecule has 10 nitrogen and oxygen atoms in total. The Kier molecular flexibility index (Phi) is 6.14. The molecule has 4 rings (SSSR count). The number of carbonyl (C=O) groups is 2. The summed E-state index contributed by atoms with van der Waals surface area (Å²) >= 11 is 0. The van der Waals surface area contributed by atoms with Crippen LogP contribution in [0.15, 0.2) is 34.6 Å². The number of aromatic nitrogens is 1. The summed E-state index contributed by atoms with van der Waals surface area (Å²) in [5, 5.41) is 14.8. The number of aliphatic imine (C=N–C) groups is 1. The second kappa shape index (κ2) is 8.78. The molecule has 0 aliphatic carbocycles. The van der Waals surface area contributed by atoms with Crippen molar-refractivity contribution in [1.29, 1.82) is 0 Å². The lowest BCUT2D eigenvalue weighted by Gasteiger charge is -2.48. The van der Waals surface area contributed by atoms with Crippen LogP contribution >= 0.6 is 0 Å². The van der Waals surface area contributed by atoms with Crippen LogP contribution in [-0.2, 0) is 9.59 Å². The van der Waals surface area contributed by atoms with E-state index in [0.717, 1.165) is 6.20 Å². The molecule has 1 aromatic rings. The summed E-state index contributed by atoms with van der Waals surface area (Å²) < 4.78 is 38.6. The SMILES string of the molecule is CC(C)N1CC2=C(C1=O)N(CC(O)Nc1ccc(F)cn1)C1(C)CC(=NCC(F)F)NN1C2=O. The number of hydrazine groups is 1. The monoisotopic (exact) mass is 481 g/mol. The number of halogens is 3. The lowest BCUT2D eigenvalue weighted by molar-refractivity contribution is -0.147. The van der Waals surface area contributed by atoms with Crippen molar-refractivity contribution in [2.45, 2.75) is 51.6 Å². The molecule has 0 saturated carbocycles. The van der Waals surface area contributed by atoms with E-state index in [0.29, 0.717) is 0 Å². The van der Waals surface area contributed by atoms with E-state index in [2.05, 4.69) is 20.7 Å². The Bertz CT molecular complexity index is 1050. The van der Waals surface area contributed by atoms with Crippen molar-refractivity contribution in [2.75, 3.05) is 25.0 Å². The maximum absolute atomic E-state index is 13.3. The Hall–Kier alpha value is -3.35. The first-order valence-corrected chi connectivity index (χ1v) is 10.8. The third-order valence-corrected chi connectivity index (χ3v) is 6.06.